The predicted molar refractivity (Wildman–Crippen MR) is 88.5 cm³/mol. The summed E-state index contributed by atoms with van der Waals surface area (Å²) in [6, 6.07) is 5.19. The van der Waals surface area contributed by atoms with Crippen LogP contribution in [0.15, 0.2) is 40.5 Å². The monoisotopic (exact) mass is 317 g/mol. The minimum Gasteiger partial charge on any atom is -0.494 e. The molecule has 0 spiro atoms. The second-order valence-electron chi connectivity index (χ2n) is 5.31. The highest BCUT2D eigenvalue weighted by atomic mass is 35.5. The Morgan fingerprint density at radius 3 is 2.86 bits per heavy atom. The minimum absolute atomic E-state index is 0.00880. The van der Waals surface area contributed by atoms with Crippen LogP contribution in [0.3, 0.4) is 0 Å². The summed E-state index contributed by atoms with van der Waals surface area (Å²) in [5.41, 5.74) is 2.22. The van der Waals surface area contributed by atoms with Gasteiger partial charge in [-0.15, -0.1) is 0 Å². The smallest absolute Gasteiger partial charge is 0.199 e. The van der Waals surface area contributed by atoms with Crippen LogP contribution in [0.4, 0.5) is 0 Å². The van der Waals surface area contributed by atoms with Crippen LogP contribution in [-0.2, 0) is 0 Å². The lowest BCUT2D eigenvalue weighted by Crippen LogP contribution is -2.20. The number of benzene rings is 1. The lowest BCUT2D eigenvalue weighted by Gasteiger charge is -2.08. The average molecular weight is 318 g/mol. The third-order valence-corrected chi connectivity index (χ3v) is 4.17. The molecule has 1 aromatic heterocycles. The van der Waals surface area contributed by atoms with Gasteiger partial charge in [0, 0.05) is 16.3 Å². The zero-order chi connectivity index (χ0) is 15.9. The number of nitrogens with one attached hydrogen (secondary N) is 1. The van der Waals surface area contributed by atoms with Crippen LogP contribution in [0.25, 0.3) is 10.9 Å². The number of allylic oxidation sites excluding steroid dienone is 1. The van der Waals surface area contributed by atoms with Gasteiger partial charge in [0.15, 0.2) is 5.88 Å². The Morgan fingerprint density at radius 1 is 1.41 bits per heavy atom. The van der Waals surface area contributed by atoms with E-state index in [1.807, 2.05) is 32.1 Å². The molecule has 0 aliphatic carbocycles. The van der Waals surface area contributed by atoms with Gasteiger partial charge in [0.2, 0.25) is 0 Å². The number of aliphatic imine (C=N–C) groups is 1. The second-order valence-corrected chi connectivity index (χ2v) is 5.74. The van der Waals surface area contributed by atoms with Crippen molar-refractivity contribution in [3.8, 4) is 5.88 Å². The first-order valence-electron chi connectivity index (χ1n) is 7.00. The van der Waals surface area contributed by atoms with Gasteiger partial charge in [0.25, 0.3) is 0 Å². The van der Waals surface area contributed by atoms with E-state index in [0.29, 0.717) is 27.5 Å². The van der Waals surface area contributed by atoms with Gasteiger partial charge < -0.3 is 15.3 Å². The molecule has 2 aromatic rings. The number of halogens is 1. The molecule has 5 nitrogen and oxygen atoms in total. The van der Waals surface area contributed by atoms with Crippen molar-refractivity contribution in [1.82, 2.24) is 4.98 Å². The summed E-state index contributed by atoms with van der Waals surface area (Å²) in [6.45, 7) is 3.86. The van der Waals surface area contributed by atoms with Crippen molar-refractivity contribution in [2.45, 2.75) is 19.9 Å². The first-order chi connectivity index (χ1) is 10.6. The number of oxime groups is 1. The molecule has 0 bridgehead atoms. The Morgan fingerprint density at radius 2 is 2.18 bits per heavy atom. The fraction of sp³-hybridized carbons (Fsp3) is 0.250. The van der Waals surface area contributed by atoms with Crippen molar-refractivity contribution in [1.29, 1.82) is 0 Å². The van der Waals surface area contributed by atoms with Gasteiger partial charge in [0.1, 0.15) is 5.71 Å². The highest BCUT2D eigenvalue weighted by Gasteiger charge is 2.34. The van der Waals surface area contributed by atoms with Crippen LogP contribution in [0.5, 0.6) is 5.88 Å². The molecule has 0 saturated heterocycles. The van der Waals surface area contributed by atoms with E-state index in [2.05, 4.69) is 15.1 Å². The van der Waals surface area contributed by atoms with E-state index in [-0.39, 0.29) is 17.8 Å². The number of H-pyrrole nitrogens is 1. The predicted octanol–water partition coefficient (Wildman–Crippen LogP) is 3.74. The first-order valence-corrected chi connectivity index (χ1v) is 7.38. The third kappa shape index (κ3) is 2.18. The molecular formula is C16H16ClN3O2. The van der Waals surface area contributed by atoms with Crippen LogP contribution in [0, 0.1) is 5.92 Å². The molecule has 6 heteroatoms. The molecule has 1 aliphatic heterocycles. The number of aromatic nitrogens is 1. The highest BCUT2D eigenvalue weighted by molar-refractivity contribution is 6.52. The van der Waals surface area contributed by atoms with E-state index in [9.17, 15) is 10.3 Å². The molecule has 3 rings (SSSR count). The molecule has 114 valence electrons. The third-order valence-electron chi connectivity index (χ3n) is 3.94. The Labute approximate surface area is 132 Å². The fourth-order valence-corrected chi connectivity index (χ4v) is 3.01. The molecule has 1 aromatic carbocycles. The zero-order valence-electron chi connectivity index (χ0n) is 12.2. The molecule has 22 heavy (non-hydrogen) atoms. The quantitative estimate of drug-likeness (QED) is 0.448. The van der Waals surface area contributed by atoms with Crippen molar-refractivity contribution < 1.29 is 10.3 Å². The van der Waals surface area contributed by atoms with Crippen molar-refractivity contribution >= 4 is 33.9 Å². The number of rotatable bonds is 2. The van der Waals surface area contributed by atoms with Crippen LogP contribution in [0.2, 0.25) is 5.02 Å². The Balaban J connectivity index is 2.22. The summed E-state index contributed by atoms with van der Waals surface area (Å²) < 4.78 is 0. The Bertz CT molecular complexity index is 820. The second kappa shape index (κ2) is 5.50. The average Bonchev–Trinajstić information content (AvgIpc) is 2.95. The van der Waals surface area contributed by atoms with Crippen LogP contribution in [-0.4, -0.2) is 32.8 Å². The van der Waals surface area contributed by atoms with E-state index in [1.165, 1.54) is 0 Å². The lowest BCUT2D eigenvalue weighted by atomic mass is 9.95. The zero-order valence-corrected chi connectivity index (χ0v) is 13.0. The maximum atomic E-state index is 10.3. The standard InChI is InChI=1S/C16H16ClN3O2/c1-3-4-11-8(2)14(20-22)15(18-11)13-10-6-5-9(17)7-12(10)19-16(13)21/h3-8,11,19,21-22H,1-2H3/b4-3-,20-14-. The van der Waals surface area contributed by atoms with Crippen LogP contribution >= 0.6 is 11.6 Å². The number of nitrogens with zero attached hydrogens (tertiary/aromatic N) is 2. The SMILES string of the molecule is C/C=C\C1N=C(c2c(O)[nH]c3cc(Cl)ccc23)/C(=N\O)C1C. The van der Waals surface area contributed by atoms with Crippen molar-refractivity contribution in [2.75, 3.05) is 0 Å². The Kier molecular flexibility index (Phi) is 3.66. The lowest BCUT2D eigenvalue weighted by molar-refractivity contribution is 0.317. The number of aromatic amines is 1. The largest absolute Gasteiger partial charge is 0.494 e. The summed E-state index contributed by atoms with van der Waals surface area (Å²) in [5.74, 6) is -0.0710. The van der Waals surface area contributed by atoms with Crippen molar-refractivity contribution in [3.05, 3.63) is 40.9 Å². The molecule has 0 fully saturated rings. The van der Waals surface area contributed by atoms with Crippen molar-refractivity contribution in [3.63, 3.8) is 0 Å². The summed E-state index contributed by atoms with van der Waals surface area (Å²) in [6.07, 6.45) is 3.86. The van der Waals surface area contributed by atoms with Gasteiger partial charge in [-0.25, -0.2) is 0 Å². The fourth-order valence-electron chi connectivity index (χ4n) is 2.84. The molecule has 2 unspecified atom stereocenters. The molecule has 0 saturated carbocycles. The van der Waals surface area contributed by atoms with Gasteiger partial charge >= 0.3 is 0 Å². The van der Waals surface area contributed by atoms with Crippen LogP contribution < -0.4 is 0 Å². The molecule has 3 N–H and O–H groups in total. The molecule has 0 amide bonds. The van der Waals surface area contributed by atoms with E-state index in [1.54, 1.807) is 12.1 Å². The number of hydrogen-bond acceptors (Lipinski definition) is 4. The summed E-state index contributed by atoms with van der Waals surface area (Å²) >= 11 is 5.98. The van der Waals surface area contributed by atoms with E-state index in [4.69, 9.17) is 11.6 Å². The normalized spacial score (nSPS) is 23.8. The summed E-state index contributed by atoms with van der Waals surface area (Å²) in [7, 11) is 0. The molecule has 2 atom stereocenters. The highest BCUT2D eigenvalue weighted by Crippen LogP contribution is 2.34. The van der Waals surface area contributed by atoms with Gasteiger partial charge in [-0.3, -0.25) is 4.99 Å². The minimum atomic E-state index is -0.109. The van der Waals surface area contributed by atoms with Gasteiger partial charge in [-0.1, -0.05) is 41.9 Å². The summed E-state index contributed by atoms with van der Waals surface area (Å²) in [4.78, 5) is 7.50. The maximum Gasteiger partial charge on any atom is 0.199 e. The number of aromatic hydroxyl groups is 1. The number of hydrogen-bond donors (Lipinski definition) is 3. The van der Waals surface area contributed by atoms with Crippen LogP contribution in [0.1, 0.15) is 19.4 Å². The first kappa shape index (κ1) is 14.7. The van der Waals surface area contributed by atoms with Gasteiger partial charge in [0.05, 0.1) is 22.8 Å². The molecule has 2 heterocycles. The number of fused-ring (bicyclic) bond motifs is 1. The summed E-state index contributed by atoms with van der Waals surface area (Å²) in [5, 5.41) is 24.4. The maximum absolute atomic E-state index is 10.3. The van der Waals surface area contributed by atoms with Gasteiger partial charge in [-0.2, -0.15) is 0 Å². The molecule has 1 aliphatic rings. The van der Waals surface area contributed by atoms with Gasteiger partial charge in [-0.05, 0) is 19.1 Å². The van der Waals surface area contributed by atoms with E-state index in [0.717, 1.165) is 5.39 Å². The molecular weight excluding hydrogens is 302 g/mol. The van der Waals surface area contributed by atoms with Crippen molar-refractivity contribution in [2.24, 2.45) is 16.1 Å². The topological polar surface area (TPSA) is 81.0 Å². The van der Waals surface area contributed by atoms with E-state index < -0.39 is 0 Å². The Hall–Kier alpha value is -2.27. The van der Waals surface area contributed by atoms with E-state index >= 15 is 0 Å². The molecule has 0 radical (unpaired) electrons.